The van der Waals surface area contributed by atoms with Crippen LogP contribution in [0.5, 0.6) is 11.5 Å². The van der Waals surface area contributed by atoms with Gasteiger partial charge in [0, 0.05) is 17.2 Å². The summed E-state index contributed by atoms with van der Waals surface area (Å²) in [6, 6.07) is 5.03. The Labute approximate surface area is 110 Å². The van der Waals surface area contributed by atoms with Crippen molar-refractivity contribution < 1.29 is 19.4 Å². The predicted molar refractivity (Wildman–Crippen MR) is 68.8 cm³/mol. The first-order valence-corrected chi connectivity index (χ1v) is 5.58. The van der Waals surface area contributed by atoms with Crippen molar-refractivity contribution in [2.75, 3.05) is 14.2 Å². The molecule has 0 saturated carbocycles. The number of aromatic nitrogens is 2. The molecule has 0 aliphatic heterocycles. The van der Waals surface area contributed by atoms with Crippen molar-refractivity contribution in [3.63, 3.8) is 0 Å². The number of rotatable bonds is 4. The molecule has 6 nitrogen and oxygen atoms in total. The lowest BCUT2D eigenvalue weighted by Crippen LogP contribution is -1.95. The zero-order valence-electron chi connectivity index (χ0n) is 10.9. The van der Waals surface area contributed by atoms with E-state index in [0.717, 1.165) is 11.1 Å². The van der Waals surface area contributed by atoms with Gasteiger partial charge in [-0.1, -0.05) is 0 Å². The number of carbonyl (C=O) groups is 1. The monoisotopic (exact) mass is 262 g/mol. The van der Waals surface area contributed by atoms with Crippen molar-refractivity contribution in [2.24, 2.45) is 0 Å². The number of nitrogens with zero attached hydrogens (tertiary/aromatic N) is 1. The first kappa shape index (κ1) is 12.9. The van der Waals surface area contributed by atoms with Crippen molar-refractivity contribution in [1.29, 1.82) is 0 Å². The molecule has 0 amide bonds. The molecule has 100 valence electrons. The van der Waals surface area contributed by atoms with E-state index in [2.05, 4.69) is 10.2 Å². The van der Waals surface area contributed by atoms with Gasteiger partial charge in [-0.15, -0.1) is 0 Å². The van der Waals surface area contributed by atoms with Gasteiger partial charge in [0.2, 0.25) is 0 Å². The van der Waals surface area contributed by atoms with Crippen LogP contribution >= 0.6 is 0 Å². The Bertz CT molecular complexity index is 619. The molecule has 0 unspecified atom stereocenters. The van der Waals surface area contributed by atoms with Gasteiger partial charge in [0.1, 0.15) is 17.2 Å². The summed E-state index contributed by atoms with van der Waals surface area (Å²) in [5, 5.41) is 15.4. The lowest BCUT2D eigenvalue weighted by molar-refractivity contribution is 0.0690. The van der Waals surface area contributed by atoms with Crippen LogP contribution in [0.3, 0.4) is 0 Å². The van der Waals surface area contributed by atoms with Crippen LogP contribution in [0.2, 0.25) is 0 Å². The van der Waals surface area contributed by atoms with Crippen LogP contribution in [0.15, 0.2) is 18.2 Å². The van der Waals surface area contributed by atoms with E-state index in [0.29, 0.717) is 17.2 Å². The fourth-order valence-electron chi connectivity index (χ4n) is 1.83. The second kappa shape index (κ2) is 5.01. The molecule has 1 heterocycles. The van der Waals surface area contributed by atoms with E-state index in [1.165, 1.54) is 6.07 Å². The van der Waals surface area contributed by atoms with Crippen molar-refractivity contribution in [3.05, 3.63) is 29.5 Å². The topological polar surface area (TPSA) is 84.4 Å². The van der Waals surface area contributed by atoms with Gasteiger partial charge < -0.3 is 14.6 Å². The van der Waals surface area contributed by atoms with Gasteiger partial charge in [-0.25, -0.2) is 4.79 Å². The molecule has 2 aromatic rings. The fraction of sp³-hybridized carbons (Fsp3) is 0.231. The molecule has 0 atom stereocenters. The van der Waals surface area contributed by atoms with Gasteiger partial charge in [-0.2, -0.15) is 5.10 Å². The minimum atomic E-state index is -1.05. The number of aromatic carboxylic acids is 1. The van der Waals surface area contributed by atoms with Gasteiger partial charge in [0.05, 0.1) is 19.9 Å². The Balaban J connectivity index is 2.56. The molecular weight excluding hydrogens is 248 g/mol. The average molecular weight is 262 g/mol. The predicted octanol–water partition coefficient (Wildman–Crippen LogP) is 2.10. The fourth-order valence-corrected chi connectivity index (χ4v) is 1.83. The maximum Gasteiger partial charge on any atom is 0.353 e. The van der Waals surface area contributed by atoms with Crippen LogP contribution in [-0.2, 0) is 0 Å². The number of hydrogen-bond acceptors (Lipinski definition) is 4. The third-order valence-electron chi connectivity index (χ3n) is 2.87. The van der Waals surface area contributed by atoms with Gasteiger partial charge in [0.15, 0.2) is 0 Å². The van der Waals surface area contributed by atoms with Crippen LogP contribution < -0.4 is 9.47 Å². The number of ether oxygens (including phenoxy) is 2. The van der Waals surface area contributed by atoms with E-state index < -0.39 is 5.97 Å². The summed E-state index contributed by atoms with van der Waals surface area (Å²) in [5.74, 6) is 0.234. The summed E-state index contributed by atoms with van der Waals surface area (Å²) in [5.41, 5.74) is 2.20. The summed E-state index contributed by atoms with van der Waals surface area (Å²) >= 11 is 0. The van der Waals surface area contributed by atoms with Crippen molar-refractivity contribution in [3.8, 4) is 22.8 Å². The molecule has 19 heavy (non-hydrogen) atoms. The van der Waals surface area contributed by atoms with E-state index in [4.69, 9.17) is 14.6 Å². The molecule has 0 aliphatic carbocycles. The summed E-state index contributed by atoms with van der Waals surface area (Å²) in [6.07, 6.45) is 0. The minimum Gasteiger partial charge on any atom is -0.497 e. The molecule has 0 bridgehead atoms. The number of H-pyrrole nitrogens is 1. The summed E-state index contributed by atoms with van der Waals surface area (Å²) < 4.78 is 10.5. The van der Waals surface area contributed by atoms with Gasteiger partial charge in [-0.05, 0) is 19.1 Å². The normalized spacial score (nSPS) is 10.3. The third-order valence-corrected chi connectivity index (χ3v) is 2.87. The highest BCUT2D eigenvalue weighted by molar-refractivity contribution is 5.87. The van der Waals surface area contributed by atoms with Gasteiger partial charge in [0.25, 0.3) is 0 Å². The Morgan fingerprint density at radius 2 is 2.00 bits per heavy atom. The second-order valence-electron chi connectivity index (χ2n) is 3.97. The molecule has 1 aromatic heterocycles. The van der Waals surface area contributed by atoms with E-state index in [9.17, 15) is 4.79 Å². The highest BCUT2D eigenvalue weighted by atomic mass is 16.5. The van der Waals surface area contributed by atoms with Crippen LogP contribution in [0.4, 0.5) is 0 Å². The SMILES string of the molecule is COc1cc(OC)c(C)c(-c2cc(C(=O)O)[nH]n2)c1. The summed E-state index contributed by atoms with van der Waals surface area (Å²) in [7, 11) is 3.12. The Morgan fingerprint density at radius 1 is 1.26 bits per heavy atom. The van der Waals surface area contributed by atoms with Gasteiger partial charge in [-0.3, -0.25) is 5.10 Å². The number of aromatic amines is 1. The molecule has 2 rings (SSSR count). The Kier molecular flexibility index (Phi) is 3.41. The molecule has 0 fully saturated rings. The molecule has 1 aromatic carbocycles. The number of nitrogens with one attached hydrogen (secondary N) is 1. The number of hydrogen-bond donors (Lipinski definition) is 2. The van der Waals surface area contributed by atoms with E-state index in [-0.39, 0.29) is 5.69 Å². The van der Waals surface area contributed by atoms with Crippen LogP contribution in [0, 0.1) is 6.92 Å². The molecule has 0 aliphatic rings. The maximum atomic E-state index is 10.9. The summed E-state index contributed by atoms with van der Waals surface area (Å²) in [6.45, 7) is 1.88. The van der Waals surface area contributed by atoms with Gasteiger partial charge >= 0.3 is 5.97 Å². The molecular formula is C13H14N2O4. The minimum absolute atomic E-state index is 0.0381. The quantitative estimate of drug-likeness (QED) is 0.881. The largest absolute Gasteiger partial charge is 0.497 e. The van der Waals surface area contributed by atoms with Crippen LogP contribution in [-0.4, -0.2) is 35.5 Å². The van der Waals surface area contributed by atoms with Crippen molar-refractivity contribution in [2.45, 2.75) is 6.92 Å². The first-order chi connectivity index (χ1) is 9.06. The summed E-state index contributed by atoms with van der Waals surface area (Å²) in [4.78, 5) is 10.9. The van der Waals surface area contributed by atoms with Crippen molar-refractivity contribution in [1.82, 2.24) is 10.2 Å². The highest BCUT2D eigenvalue weighted by Gasteiger charge is 2.15. The number of carboxylic acid groups (broad SMARTS) is 1. The number of benzene rings is 1. The van der Waals surface area contributed by atoms with Crippen LogP contribution in [0.25, 0.3) is 11.3 Å². The zero-order valence-corrected chi connectivity index (χ0v) is 10.9. The average Bonchev–Trinajstić information content (AvgIpc) is 2.88. The number of carboxylic acids is 1. The van der Waals surface area contributed by atoms with E-state index in [1.54, 1.807) is 26.4 Å². The molecule has 0 saturated heterocycles. The third kappa shape index (κ3) is 2.37. The Hall–Kier alpha value is -2.50. The molecule has 6 heteroatoms. The standard InChI is InChI=1S/C13H14N2O4/c1-7-9(4-8(18-2)5-12(7)19-3)10-6-11(13(16)17)15-14-10/h4-6H,1-3H3,(H,14,15)(H,16,17). The lowest BCUT2D eigenvalue weighted by atomic mass is 10.0. The second-order valence-corrected chi connectivity index (χ2v) is 3.97. The van der Waals surface area contributed by atoms with E-state index >= 15 is 0 Å². The van der Waals surface area contributed by atoms with Crippen molar-refractivity contribution >= 4 is 5.97 Å². The molecule has 2 N–H and O–H groups in total. The zero-order chi connectivity index (χ0) is 14.0. The Morgan fingerprint density at radius 3 is 2.53 bits per heavy atom. The van der Waals surface area contributed by atoms with Crippen LogP contribution in [0.1, 0.15) is 16.1 Å². The lowest BCUT2D eigenvalue weighted by Gasteiger charge is -2.11. The maximum absolute atomic E-state index is 10.9. The highest BCUT2D eigenvalue weighted by Crippen LogP contribution is 2.33. The first-order valence-electron chi connectivity index (χ1n) is 5.58. The molecule has 0 spiro atoms. The smallest absolute Gasteiger partial charge is 0.353 e. The van der Waals surface area contributed by atoms with E-state index in [1.807, 2.05) is 6.92 Å². The molecule has 0 radical (unpaired) electrons. The number of methoxy groups -OCH3 is 2.